The van der Waals surface area contributed by atoms with Crippen LogP contribution < -0.4 is 18.9 Å². The van der Waals surface area contributed by atoms with Crippen molar-refractivity contribution in [2.24, 2.45) is 47.3 Å². The quantitative estimate of drug-likeness (QED) is 0.151. The first-order valence-corrected chi connectivity index (χ1v) is 20.2. The summed E-state index contributed by atoms with van der Waals surface area (Å²) >= 11 is 3.14. The Morgan fingerprint density at radius 1 is 0.717 bits per heavy atom. The van der Waals surface area contributed by atoms with Gasteiger partial charge in [-0.15, -0.1) is 22.9 Å². The summed E-state index contributed by atoms with van der Waals surface area (Å²) in [6.45, 7) is 14.8. The van der Waals surface area contributed by atoms with E-state index in [0.717, 1.165) is 50.0 Å². The molecule has 0 radical (unpaired) electrons. The van der Waals surface area contributed by atoms with Crippen LogP contribution in [0.1, 0.15) is 120 Å². The molecule has 0 aromatic carbocycles. The van der Waals surface area contributed by atoms with Crippen molar-refractivity contribution < 1.29 is 62.2 Å². The number of esters is 1. The van der Waals surface area contributed by atoms with Crippen LogP contribution in [-0.4, -0.2) is 51.3 Å². The first-order chi connectivity index (χ1) is 23.9. The SMILES string of the molecule is C.C.CC1C(=O)O[C@@H]2O[C@@]3(C)CC[C@H]4[C@H](C)CC[C@@H]1[C@@]24OO3.CC1[C@@H]2CC[C@@H](C)[C@@H]3CC[C@@]4(C)OO[C@@]23[C@H](OC1(C)c1nccs1)O4.[Li+].[c-]1nccs1. The van der Waals surface area contributed by atoms with Gasteiger partial charge >= 0.3 is 24.8 Å². The molecule has 0 N–H and O–H groups in total. The van der Waals surface area contributed by atoms with Gasteiger partial charge in [0, 0.05) is 42.2 Å². The summed E-state index contributed by atoms with van der Waals surface area (Å²) in [5.74, 6) is 0.753. The predicted molar refractivity (Wildman–Crippen MR) is 195 cm³/mol. The second kappa shape index (κ2) is 15.8. The summed E-state index contributed by atoms with van der Waals surface area (Å²) < 4.78 is 24.7. The standard InChI is InChI=1S/C19H27NO4S.C15H22O5.C3H2NS.2CH4.Li/c1-11-5-6-14-12(2)18(4,15-20-9-10-25-15)22-16-19(14)13(11)7-8-17(3,21-16)23-24-19;1-8-4-5-11-9(2)12(16)17-13-15(11)10(8)6-7-14(3,18-13)19-20-15;1-2-5-3-4-1;;;/h9-14,16H,5-8H2,1-4H3;8-11,13H,4-7H2,1-3H3;1-2H;2*1H4;/q;;-1;;;+1/t11-,12?,13+,14+,16+,17-,18?,19-;8-,9?,10+,11+,13-,14-,15-;;;;/m11..../s1. The normalized spacial score (nSPS) is 48.4. The summed E-state index contributed by atoms with van der Waals surface area (Å²) in [7, 11) is 0. The molecule has 10 aliphatic rings. The van der Waals surface area contributed by atoms with Crippen LogP contribution in [0.25, 0.3) is 0 Å². The van der Waals surface area contributed by atoms with Crippen molar-refractivity contribution in [3.8, 4) is 0 Å². The molecule has 2 aromatic rings. The van der Waals surface area contributed by atoms with Gasteiger partial charge in [-0.25, -0.2) is 24.5 Å². The van der Waals surface area contributed by atoms with Crippen LogP contribution in [0.5, 0.6) is 0 Å². The number of carbonyl (C=O) groups is 1. The number of rotatable bonds is 1. The summed E-state index contributed by atoms with van der Waals surface area (Å²) in [6, 6.07) is 0. The van der Waals surface area contributed by atoms with Crippen LogP contribution in [0.2, 0.25) is 0 Å². The zero-order valence-corrected chi connectivity index (χ0v) is 32.8. The van der Waals surface area contributed by atoms with Gasteiger partial charge in [0.15, 0.2) is 17.5 Å². The fraction of sp³-hybridized carbons (Fsp3) is 0.821. The topological polar surface area (TPSA) is 117 Å². The third-order valence-corrected chi connectivity index (χ3v) is 15.2. The summed E-state index contributed by atoms with van der Waals surface area (Å²) in [5.41, 5.74) is 1.09. The first kappa shape index (κ1) is 43.2. The minimum absolute atomic E-state index is 0. The molecule has 10 heterocycles. The number of nitrogens with zero attached hydrogens (tertiary/aromatic N) is 2. The van der Waals surface area contributed by atoms with Crippen LogP contribution in [-0.2, 0) is 48.9 Å². The molecule has 10 fully saturated rings. The van der Waals surface area contributed by atoms with E-state index in [2.05, 4.69) is 43.2 Å². The second-order valence-electron chi connectivity index (χ2n) is 16.5. The van der Waals surface area contributed by atoms with E-state index in [1.807, 2.05) is 37.7 Å². The molecule has 11 nitrogen and oxygen atoms in total. The molecule has 15 atom stereocenters. The average Bonchev–Trinajstić information content (AvgIpc) is 3.78. The molecule has 0 amide bonds. The maximum Gasteiger partial charge on any atom is 1.00 e. The third kappa shape index (κ3) is 6.83. The van der Waals surface area contributed by atoms with Crippen molar-refractivity contribution in [2.45, 2.75) is 156 Å². The van der Waals surface area contributed by atoms with E-state index < -0.39 is 41.0 Å². The van der Waals surface area contributed by atoms with Crippen molar-refractivity contribution in [1.82, 2.24) is 9.97 Å². The molecular weight excluding hydrogens is 712 g/mol. The summed E-state index contributed by atoms with van der Waals surface area (Å²) in [6.07, 6.45) is 10.7. The third-order valence-electron chi connectivity index (χ3n) is 13.7. The molecule has 4 bridgehead atoms. The zero-order valence-electron chi connectivity index (χ0n) is 31.1. The Labute approximate surface area is 335 Å². The first-order valence-electron chi connectivity index (χ1n) is 18.5. The summed E-state index contributed by atoms with van der Waals surface area (Å²) in [4.78, 5) is 44.0. The van der Waals surface area contributed by atoms with Crippen LogP contribution >= 0.6 is 22.7 Å². The minimum atomic E-state index is -0.793. The largest absolute Gasteiger partial charge is 1.00 e. The van der Waals surface area contributed by atoms with E-state index in [1.165, 1.54) is 17.8 Å². The maximum absolute atomic E-state index is 12.1. The van der Waals surface area contributed by atoms with Crippen molar-refractivity contribution in [2.75, 3.05) is 0 Å². The Morgan fingerprint density at radius 3 is 1.83 bits per heavy atom. The van der Waals surface area contributed by atoms with Gasteiger partial charge in [0.1, 0.15) is 10.6 Å². The molecule has 14 heteroatoms. The fourth-order valence-electron chi connectivity index (χ4n) is 10.7. The number of fused-ring (bicyclic) bond motifs is 4. The Balaban J connectivity index is 0.000000175. The van der Waals surface area contributed by atoms with Gasteiger partial charge in [-0.3, -0.25) is 16.1 Å². The van der Waals surface area contributed by atoms with Crippen LogP contribution in [0.4, 0.5) is 0 Å². The van der Waals surface area contributed by atoms with Gasteiger partial charge in [-0.05, 0) is 88.5 Å². The number of hydrogen-bond donors (Lipinski definition) is 0. The minimum Gasteiger partial charge on any atom is -0.432 e. The van der Waals surface area contributed by atoms with Gasteiger partial charge in [-0.2, -0.15) is 0 Å². The Hall–Kier alpha value is -0.953. The summed E-state index contributed by atoms with van der Waals surface area (Å²) in [5, 5.41) is 4.92. The second-order valence-corrected chi connectivity index (χ2v) is 18.1. The van der Waals surface area contributed by atoms with E-state index in [1.54, 1.807) is 17.5 Å². The molecule has 292 valence electrons. The Morgan fingerprint density at radius 2 is 1.30 bits per heavy atom. The van der Waals surface area contributed by atoms with E-state index >= 15 is 0 Å². The molecule has 3 unspecified atom stereocenters. The number of ether oxygens (including phenoxy) is 4. The molecule has 12 rings (SSSR count). The number of hydrogen-bond acceptors (Lipinski definition) is 13. The smallest absolute Gasteiger partial charge is 0.432 e. The molecule has 2 spiro atoms. The number of carbonyl (C=O) groups excluding carboxylic acids is 1. The molecule has 2 aromatic heterocycles. The van der Waals surface area contributed by atoms with Crippen molar-refractivity contribution >= 4 is 28.6 Å². The van der Waals surface area contributed by atoms with E-state index in [-0.39, 0.29) is 57.4 Å². The van der Waals surface area contributed by atoms with Gasteiger partial charge in [-0.1, -0.05) is 42.5 Å². The molecule has 8 aliphatic heterocycles. The van der Waals surface area contributed by atoms with Crippen molar-refractivity contribution in [3.05, 3.63) is 33.7 Å². The molecular formula is C39H59LiN2O9S2. The Bertz CT molecular complexity index is 1510. The van der Waals surface area contributed by atoms with E-state index in [4.69, 9.17) is 38.5 Å². The van der Waals surface area contributed by atoms with Gasteiger partial charge in [0.05, 0.1) is 5.92 Å². The molecule has 8 saturated heterocycles. The molecule has 53 heavy (non-hydrogen) atoms. The van der Waals surface area contributed by atoms with Gasteiger partial charge < -0.3 is 23.9 Å². The maximum atomic E-state index is 12.1. The van der Waals surface area contributed by atoms with Crippen LogP contribution in [0.3, 0.4) is 0 Å². The van der Waals surface area contributed by atoms with E-state index in [9.17, 15) is 4.79 Å². The molecule has 2 saturated carbocycles. The van der Waals surface area contributed by atoms with Gasteiger partial charge in [0.2, 0.25) is 17.9 Å². The average molecular weight is 771 g/mol. The fourth-order valence-corrected chi connectivity index (χ4v) is 11.9. The Kier molecular flexibility index (Phi) is 12.8. The number of aromatic nitrogens is 2. The predicted octanol–water partition coefficient (Wildman–Crippen LogP) is 5.85. The van der Waals surface area contributed by atoms with Crippen LogP contribution in [0.15, 0.2) is 23.2 Å². The monoisotopic (exact) mass is 770 g/mol. The van der Waals surface area contributed by atoms with Crippen molar-refractivity contribution in [1.29, 1.82) is 0 Å². The van der Waals surface area contributed by atoms with Gasteiger partial charge in [0.25, 0.3) is 0 Å². The van der Waals surface area contributed by atoms with Crippen LogP contribution in [0, 0.1) is 52.9 Å². The molecule has 2 aliphatic carbocycles. The van der Waals surface area contributed by atoms with Crippen molar-refractivity contribution in [3.63, 3.8) is 0 Å². The zero-order chi connectivity index (χ0) is 35.1. The number of thiazole rings is 2. The van der Waals surface area contributed by atoms with E-state index in [0.29, 0.717) is 29.6 Å².